The van der Waals surface area contributed by atoms with Crippen molar-refractivity contribution in [2.75, 3.05) is 13.7 Å². The molecule has 0 saturated heterocycles. The second kappa shape index (κ2) is 10.5. The molecule has 3 rings (SSSR count). The fraction of sp³-hybridized carbons (Fsp3) is 0.269. The Morgan fingerprint density at radius 3 is 1.94 bits per heavy atom. The molecule has 3 aromatic carbocycles. The Morgan fingerprint density at radius 2 is 1.42 bits per heavy atom. The number of ether oxygens (including phenoxy) is 1. The average molecular weight is 418 g/mol. The van der Waals surface area contributed by atoms with E-state index >= 15 is 0 Å². The van der Waals surface area contributed by atoms with Gasteiger partial charge in [-0.05, 0) is 35.6 Å². The van der Waals surface area contributed by atoms with Crippen LogP contribution < -0.4 is 4.74 Å². The van der Waals surface area contributed by atoms with E-state index in [-0.39, 0.29) is 23.2 Å². The van der Waals surface area contributed by atoms with Gasteiger partial charge >= 0.3 is 0 Å². The first-order valence-corrected chi connectivity index (χ1v) is 10.4. The minimum atomic E-state index is -0.575. The van der Waals surface area contributed by atoms with E-state index in [0.717, 1.165) is 16.9 Å². The molecule has 0 radical (unpaired) electrons. The third kappa shape index (κ3) is 5.37. The number of Topliss-reactive ketones (excluding diaryl/α,β-unsaturated/α-hetero) is 1. The maximum absolute atomic E-state index is 13.8. The zero-order chi connectivity index (χ0) is 22.2. The molecule has 0 aliphatic heterocycles. The van der Waals surface area contributed by atoms with Crippen LogP contribution in [0.2, 0.25) is 0 Å². The van der Waals surface area contributed by atoms with Gasteiger partial charge in [-0.1, -0.05) is 79.7 Å². The summed E-state index contributed by atoms with van der Waals surface area (Å²) in [5.74, 6) is -0.637. The summed E-state index contributed by atoms with van der Waals surface area (Å²) >= 11 is 0. The van der Waals surface area contributed by atoms with Gasteiger partial charge < -0.3 is 4.74 Å². The third-order valence-electron chi connectivity index (χ3n) is 5.79. The van der Waals surface area contributed by atoms with E-state index in [1.165, 1.54) is 0 Å². The third-order valence-corrected chi connectivity index (χ3v) is 5.79. The van der Waals surface area contributed by atoms with Crippen molar-refractivity contribution in [3.63, 3.8) is 0 Å². The summed E-state index contributed by atoms with van der Waals surface area (Å²) in [4.78, 5) is 25.1. The quantitative estimate of drug-likeness (QED) is 0.239. The molecule has 0 fully saturated rings. The number of hydrogen-bond donors (Lipinski definition) is 0. The number of nitro groups is 1. The second-order valence-corrected chi connectivity index (χ2v) is 7.58. The predicted molar refractivity (Wildman–Crippen MR) is 121 cm³/mol. The lowest BCUT2D eigenvalue weighted by Gasteiger charge is -2.31. The number of rotatable bonds is 10. The van der Waals surface area contributed by atoms with E-state index in [0.29, 0.717) is 12.0 Å². The van der Waals surface area contributed by atoms with Crippen LogP contribution in [0.5, 0.6) is 5.75 Å². The molecule has 0 amide bonds. The minimum Gasteiger partial charge on any atom is -0.497 e. The molecular formula is C26H27NO4. The molecule has 0 aliphatic rings. The van der Waals surface area contributed by atoms with Crippen LogP contribution in [0.1, 0.15) is 46.7 Å². The van der Waals surface area contributed by atoms with Gasteiger partial charge in [0.2, 0.25) is 6.54 Å². The molecule has 0 saturated carbocycles. The van der Waals surface area contributed by atoms with Crippen molar-refractivity contribution in [2.45, 2.75) is 25.2 Å². The van der Waals surface area contributed by atoms with Crippen LogP contribution in [-0.2, 0) is 0 Å². The zero-order valence-corrected chi connectivity index (χ0v) is 17.8. The molecule has 3 atom stereocenters. The number of benzene rings is 3. The largest absolute Gasteiger partial charge is 0.497 e. The van der Waals surface area contributed by atoms with Crippen molar-refractivity contribution < 1.29 is 14.5 Å². The summed E-state index contributed by atoms with van der Waals surface area (Å²) in [6.07, 6.45) is 0.677. The molecule has 0 N–H and O–H groups in total. The van der Waals surface area contributed by atoms with Gasteiger partial charge in [-0.25, -0.2) is 0 Å². The van der Waals surface area contributed by atoms with Gasteiger partial charge in [0.25, 0.3) is 0 Å². The monoisotopic (exact) mass is 417 g/mol. The van der Waals surface area contributed by atoms with Crippen LogP contribution in [0.3, 0.4) is 0 Å². The molecule has 0 heterocycles. The number of carbonyl (C=O) groups is 1. The lowest BCUT2D eigenvalue weighted by molar-refractivity contribution is -0.484. The zero-order valence-electron chi connectivity index (χ0n) is 17.8. The summed E-state index contributed by atoms with van der Waals surface area (Å²) in [6.45, 7) is 1.72. The highest BCUT2D eigenvalue weighted by molar-refractivity contribution is 5.99. The van der Waals surface area contributed by atoms with Gasteiger partial charge in [-0.15, -0.1) is 0 Å². The summed E-state index contributed by atoms with van der Waals surface area (Å²) in [5.41, 5.74) is 2.35. The lowest BCUT2D eigenvalue weighted by atomic mass is 9.70. The van der Waals surface area contributed by atoms with Gasteiger partial charge in [0.1, 0.15) is 5.75 Å². The summed E-state index contributed by atoms with van der Waals surface area (Å²) in [5, 5.41) is 11.7. The van der Waals surface area contributed by atoms with Crippen LogP contribution in [0.25, 0.3) is 0 Å². The van der Waals surface area contributed by atoms with Gasteiger partial charge in [0, 0.05) is 16.4 Å². The lowest BCUT2D eigenvalue weighted by Crippen LogP contribution is -2.32. The first kappa shape index (κ1) is 22.2. The van der Waals surface area contributed by atoms with E-state index < -0.39 is 11.8 Å². The topological polar surface area (TPSA) is 69.4 Å². The Labute approximate surface area is 182 Å². The number of methoxy groups -OCH3 is 1. The highest BCUT2D eigenvalue weighted by atomic mass is 16.6. The summed E-state index contributed by atoms with van der Waals surface area (Å²) < 4.78 is 5.27. The summed E-state index contributed by atoms with van der Waals surface area (Å²) in [6, 6.07) is 26.1. The van der Waals surface area contributed by atoms with Gasteiger partial charge in [0.05, 0.1) is 13.0 Å². The average Bonchev–Trinajstić information content (AvgIpc) is 2.82. The standard InChI is InChI=1S/C26H27NO4/c1-3-23(20-14-16-22(31-2)17-15-20)25(26(28)21-12-8-5-9-13-21)24(18-27(29)30)19-10-6-4-7-11-19/h4-17,23-25H,3,18H2,1-2H3/t23-,24+,25+/m1/s1. The second-order valence-electron chi connectivity index (χ2n) is 7.58. The maximum Gasteiger partial charge on any atom is 0.211 e. The number of hydrogen-bond acceptors (Lipinski definition) is 4. The first-order chi connectivity index (χ1) is 15.0. The molecule has 0 aliphatic carbocycles. The SMILES string of the molecule is CC[C@H](c1ccc(OC)cc1)[C@H](C(=O)c1ccccc1)[C@@H](C[N+](=O)[O-])c1ccccc1. The fourth-order valence-electron chi connectivity index (χ4n) is 4.28. The Balaban J connectivity index is 2.13. The Hall–Kier alpha value is -3.47. The molecule has 3 aromatic rings. The van der Waals surface area contributed by atoms with Crippen molar-refractivity contribution in [1.82, 2.24) is 0 Å². The Kier molecular flexibility index (Phi) is 7.55. The minimum absolute atomic E-state index is 0.0704. The van der Waals surface area contributed by atoms with Crippen LogP contribution in [0.4, 0.5) is 0 Å². The molecule has 5 heteroatoms. The van der Waals surface area contributed by atoms with Crippen molar-refractivity contribution in [3.8, 4) is 5.75 Å². The van der Waals surface area contributed by atoms with Crippen molar-refractivity contribution in [2.24, 2.45) is 5.92 Å². The fourth-order valence-corrected chi connectivity index (χ4v) is 4.28. The van der Waals surface area contributed by atoms with Crippen molar-refractivity contribution in [3.05, 3.63) is 112 Å². The van der Waals surface area contributed by atoms with E-state index in [1.54, 1.807) is 19.2 Å². The highest BCUT2D eigenvalue weighted by Gasteiger charge is 2.39. The Morgan fingerprint density at radius 1 is 0.871 bits per heavy atom. The molecule has 160 valence electrons. The summed E-state index contributed by atoms with van der Waals surface area (Å²) in [7, 11) is 1.61. The van der Waals surface area contributed by atoms with Gasteiger partial charge in [-0.2, -0.15) is 0 Å². The van der Waals surface area contributed by atoms with Gasteiger partial charge in [-0.3, -0.25) is 14.9 Å². The number of ketones is 1. The molecule has 0 bridgehead atoms. The predicted octanol–water partition coefficient (Wildman–Crippen LogP) is 5.75. The van der Waals surface area contributed by atoms with Gasteiger partial charge in [0.15, 0.2) is 5.78 Å². The molecular weight excluding hydrogens is 390 g/mol. The molecule has 0 unspecified atom stereocenters. The van der Waals surface area contributed by atoms with Crippen molar-refractivity contribution in [1.29, 1.82) is 0 Å². The maximum atomic E-state index is 13.8. The van der Waals surface area contributed by atoms with E-state index in [1.807, 2.05) is 79.7 Å². The van der Waals surface area contributed by atoms with Crippen LogP contribution in [0, 0.1) is 16.0 Å². The van der Waals surface area contributed by atoms with Crippen LogP contribution >= 0.6 is 0 Å². The normalized spacial score (nSPS) is 13.7. The smallest absolute Gasteiger partial charge is 0.211 e. The molecule has 0 spiro atoms. The van der Waals surface area contributed by atoms with Crippen LogP contribution in [-0.4, -0.2) is 24.4 Å². The Bertz CT molecular complexity index is 987. The number of nitrogens with zero attached hydrogens (tertiary/aromatic N) is 1. The first-order valence-electron chi connectivity index (χ1n) is 10.4. The highest BCUT2D eigenvalue weighted by Crippen LogP contribution is 2.41. The van der Waals surface area contributed by atoms with E-state index in [2.05, 4.69) is 0 Å². The molecule has 31 heavy (non-hydrogen) atoms. The number of carbonyl (C=O) groups excluding carboxylic acids is 1. The van der Waals surface area contributed by atoms with Crippen molar-refractivity contribution >= 4 is 5.78 Å². The molecule has 5 nitrogen and oxygen atoms in total. The molecule has 0 aromatic heterocycles. The van der Waals surface area contributed by atoms with Crippen LogP contribution in [0.15, 0.2) is 84.9 Å². The van der Waals surface area contributed by atoms with E-state index in [4.69, 9.17) is 4.74 Å². The van der Waals surface area contributed by atoms with E-state index in [9.17, 15) is 14.9 Å².